The van der Waals surface area contributed by atoms with Gasteiger partial charge in [-0.15, -0.1) is 0 Å². The summed E-state index contributed by atoms with van der Waals surface area (Å²) in [6.45, 7) is 5.33. The number of nitrogens with one attached hydrogen (secondary N) is 1. The molecule has 2 fully saturated rings. The van der Waals surface area contributed by atoms with Gasteiger partial charge in [-0.1, -0.05) is 26.0 Å². The Balaban J connectivity index is 1.64. The average molecular weight is 303 g/mol. The van der Waals surface area contributed by atoms with Gasteiger partial charge in [-0.2, -0.15) is 0 Å². The molecule has 3 unspecified atom stereocenters. The highest BCUT2D eigenvalue weighted by molar-refractivity contribution is 5.27. The molecule has 2 bridgehead atoms. The van der Waals surface area contributed by atoms with Gasteiger partial charge in [0.2, 0.25) is 0 Å². The summed E-state index contributed by atoms with van der Waals surface area (Å²) in [7, 11) is 0. The molecule has 0 aliphatic heterocycles. The van der Waals surface area contributed by atoms with E-state index in [1.165, 1.54) is 32.1 Å². The largest absolute Gasteiger partial charge is 0.508 e. The smallest absolute Gasteiger partial charge is 0.115 e. The Morgan fingerprint density at radius 3 is 2.27 bits per heavy atom. The molecule has 3 N–H and O–H groups in total. The maximum Gasteiger partial charge on any atom is 0.115 e. The van der Waals surface area contributed by atoms with E-state index in [4.69, 9.17) is 0 Å². The van der Waals surface area contributed by atoms with Gasteiger partial charge < -0.3 is 15.5 Å². The number of fused-ring (bicyclic) bond motifs is 2. The van der Waals surface area contributed by atoms with Gasteiger partial charge in [-0.25, -0.2) is 0 Å². The Labute approximate surface area is 133 Å². The molecule has 2 saturated carbocycles. The van der Waals surface area contributed by atoms with Crippen LogP contribution in [-0.2, 0) is 0 Å². The fraction of sp³-hybridized carbons (Fsp3) is 0.684. The molecule has 1 aromatic carbocycles. The van der Waals surface area contributed by atoms with Crippen LogP contribution in [0, 0.1) is 17.8 Å². The van der Waals surface area contributed by atoms with E-state index in [9.17, 15) is 10.2 Å². The van der Waals surface area contributed by atoms with E-state index in [1.54, 1.807) is 24.3 Å². The minimum atomic E-state index is -0.511. The van der Waals surface area contributed by atoms with E-state index in [0.717, 1.165) is 23.3 Å². The quantitative estimate of drug-likeness (QED) is 0.796. The third-order valence-electron chi connectivity index (χ3n) is 5.58. The topological polar surface area (TPSA) is 52.5 Å². The van der Waals surface area contributed by atoms with Crippen LogP contribution in [0.15, 0.2) is 24.3 Å². The van der Waals surface area contributed by atoms with Gasteiger partial charge >= 0.3 is 0 Å². The first-order valence-corrected chi connectivity index (χ1v) is 8.68. The number of aliphatic hydroxyl groups is 1. The molecule has 3 nitrogen and oxygen atoms in total. The van der Waals surface area contributed by atoms with Gasteiger partial charge in [0, 0.05) is 12.1 Å². The van der Waals surface area contributed by atoms with Crippen LogP contribution in [0.25, 0.3) is 0 Å². The van der Waals surface area contributed by atoms with Crippen molar-refractivity contribution in [3.05, 3.63) is 29.8 Å². The van der Waals surface area contributed by atoms with Crippen molar-refractivity contribution < 1.29 is 10.2 Å². The van der Waals surface area contributed by atoms with Crippen molar-refractivity contribution in [2.24, 2.45) is 17.8 Å². The molecule has 3 rings (SSSR count). The number of β-amino-alcohol motifs (C(OH)–C–C–N with tert-alkyl or cyclic N) is 1. The molecule has 122 valence electrons. The highest BCUT2D eigenvalue weighted by atomic mass is 16.3. The number of hydrogen-bond acceptors (Lipinski definition) is 3. The Morgan fingerprint density at radius 1 is 1.09 bits per heavy atom. The molecule has 0 heterocycles. The summed E-state index contributed by atoms with van der Waals surface area (Å²) in [4.78, 5) is 0. The summed E-state index contributed by atoms with van der Waals surface area (Å²) in [6, 6.07) is 6.88. The number of aliphatic hydroxyl groups excluding tert-OH is 1. The predicted octanol–water partition coefficient (Wildman–Crippen LogP) is 3.62. The lowest BCUT2D eigenvalue weighted by molar-refractivity contribution is 0.0432. The monoisotopic (exact) mass is 303 g/mol. The minimum absolute atomic E-state index is 0.220. The second-order valence-electron chi connectivity index (χ2n) is 7.93. The molecule has 22 heavy (non-hydrogen) atoms. The lowest BCUT2D eigenvalue weighted by Crippen LogP contribution is -2.55. The highest BCUT2D eigenvalue weighted by Crippen LogP contribution is 2.47. The number of hydrogen-bond donors (Lipinski definition) is 3. The van der Waals surface area contributed by atoms with Crippen molar-refractivity contribution in [2.45, 2.75) is 57.6 Å². The molecule has 0 spiro atoms. The lowest BCUT2D eigenvalue weighted by Gasteiger charge is -2.51. The Kier molecular flexibility index (Phi) is 4.47. The molecule has 2 aliphatic rings. The molecule has 1 aromatic rings. The fourth-order valence-corrected chi connectivity index (χ4v) is 5.05. The number of benzene rings is 1. The van der Waals surface area contributed by atoms with Crippen LogP contribution in [0.4, 0.5) is 0 Å². The molecular formula is C19H29NO2. The maximum absolute atomic E-state index is 10.4. The van der Waals surface area contributed by atoms with Crippen molar-refractivity contribution in [3.63, 3.8) is 0 Å². The summed E-state index contributed by atoms with van der Waals surface area (Å²) < 4.78 is 0. The highest BCUT2D eigenvalue weighted by Gasteiger charge is 2.43. The van der Waals surface area contributed by atoms with E-state index < -0.39 is 6.10 Å². The summed E-state index contributed by atoms with van der Waals surface area (Å²) in [5.74, 6) is 2.66. The van der Waals surface area contributed by atoms with Gasteiger partial charge in [0.15, 0.2) is 0 Å². The van der Waals surface area contributed by atoms with Crippen LogP contribution < -0.4 is 5.32 Å². The third-order valence-corrected chi connectivity index (χ3v) is 5.58. The summed E-state index contributed by atoms with van der Waals surface area (Å²) in [5.41, 5.74) is 1.09. The molecular weight excluding hydrogens is 274 g/mol. The zero-order valence-electron chi connectivity index (χ0n) is 13.8. The summed E-state index contributed by atoms with van der Waals surface area (Å²) in [5, 5.41) is 23.5. The van der Waals surface area contributed by atoms with Crippen LogP contribution in [0.5, 0.6) is 5.75 Å². The van der Waals surface area contributed by atoms with Crippen molar-refractivity contribution in [1.29, 1.82) is 0 Å². The standard InChI is InChI=1S/C19H29NO2/c1-13-7-15-8-14(2)10-19(9-13,11-15)20-12-18(22)16-3-5-17(21)6-4-16/h3-6,13-15,18,20-22H,7-12H2,1-2H3. The number of phenols is 1. The molecule has 0 aromatic heterocycles. The van der Waals surface area contributed by atoms with E-state index in [1.807, 2.05) is 0 Å². The van der Waals surface area contributed by atoms with Crippen molar-refractivity contribution >= 4 is 0 Å². The fourth-order valence-electron chi connectivity index (χ4n) is 5.05. The molecule has 0 amide bonds. The first-order chi connectivity index (χ1) is 10.5. The SMILES string of the molecule is CC1CC2CC(C)CC(NCC(O)c3ccc(O)cc3)(C1)C2. The van der Waals surface area contributed by atoms with Gasteiger partial charge in [-0.05, 0) is 67.6 Å². The Morgan fingerprint density at radius 2 is 1.68 bits per heavy atom. The predicted molar refractivity (Wildman–Crippen MR) is 88.7 cm³/mol. The second-order valence-corrected chi connectivity index (χ2v) is 7.93. The first-order valence-electron chi connectivity index (χ1n) is 8.68. The van der Waals surface area contributed by atoms with Crippen molar-refractivity contribution in [1.82, 2.24) is 5.32 Å². The summed E-state index contributed by atoms with van der Waals surface area (Å²) >= 11 is 0. The zero-order chi connectivity index (χ0) is 15.7. The average Bonchev–Trinajstić information content (AvgIpc) is 2.44. The van der Waals surface area contributed by atoms with Crippen LogP contribution >= 0.6 is 0 Å². The molecule has 2 aliphatic carbocycles. The lowest BCUT2D eigenvalue weighted by atomic mass is 9.61. The zero-order valence-corrected chi connectivity index (χ0v) is 13.8. The normalized spacial score (nSPS) is 36.0. The molecule has 3 heteroatoms. The van der Waals surface area contributed by atoms with Gasteiger partial charge in [0.05, 0.1) is 6.10 Å². The summed E-state index contributed by atoms with van der Waals surface area (Å²) in [6.07, 6.45) is 5.96. The minimum Gasteiger partial charge on any atom is -0.508 e. The van der Waals surface area contributed by atoms with Crippen LogP contribution in [0.1, 0.15) is 57.6 Å². The van der Waals surface area contributed by atoms with Crippen molar-refractivity contribution in [3.8, 4) is 5.75 Å². The van der Waals surface area contributed by atoms with Crippen LogP contribution in [0.3, 0.4) is 0 Å². The van der Waals surface area contributed by atoms with Gasteiger partial charge in [-0.3, -0.25) is 0 Å². The molecule has 3 atom stereocenters. The van der Waals surface area contributed by atoms with E-state index >= 15 is 0 Å². The maximum atomic E-state index is 10.4. The van der Waals surface area contributed by atoms with Gasteiger partial charge in [0.1, 0.15) is 5.75 Å². The number of rotatable bonds is 4. The number of phenolic OH excluding ortho intramolecular Hbond substituents is 1. The Bertz CT molecular complexity index is 479. The first kappa shape index (κ1) is 15.8. The van der Waals surface area contributed by atoms with E-state index in [-0.39, 0.29) is 11.3 Å². The van der Waals surface area contributed by atoms with Crippen LogP contribution in [0.2, 0.25) is 0 Å². The second kappa shape index (κ2) is 6.21. The molecule has 0 saturated heterocycles. The van der Waals surface area contributed by atoms with E-state index in [2.05, 4.69) is 19.2 Å². The third kappa shape index (κ3) is 3.47. The number of aromatic hydroxyl groups is 1. The van der Waals surface area contributed by atoms with Gasteiger partial charge in [0.25, 0.3) is 0 Å². The van der Waals surface area contributed by atoms with Crippen LogP contribution in [-0.4, -0.2) is 22.3 Å². The van der Waals surface area contributed by atoms with Crippen molar-refractivity contribution in [2.75, 3.05) is 6.54 Å². The Hall–Kier alpha value is -1.06. The molecule has 0 radical (unpaired) electrons. The van der Waals surface area contributed by atoms with E-state index in [0.29, 0.717) is 6.54 Å².